The van der Waals surface area contributed by atoms with Crippen LogP contribution in [0.3, 0.4) is 0 Å². The van der Waals surface area contributed by atoms with E-state index in [1.165, 1.54) is 32.1 Å². The molecule has 0 unspecified atom stereocenters. The Balaban J connectivity index is 3.23. The van der Waals surface area contributed by atoms with Crippen LogP contribution >= 0.6 is 0 Å². The summed E-state index contributed by atoms with van der Waals surface area (Å²) in [7, 11) is 0. The predicted octanol–water partition coefficient (Wildman–Crippen LogP) is 5.01. The van der Waals surface area contributed by atoms with E-state index >= 15 is 0 Å². The predicted molar refractivity (Wildman–Crippen MR) is 68.9 cm³/mol. The highest BCUT2D eigenvalue weighted by Crippen LogP contribution is 2.15. The maximum Gasteiger partial charge on any atom is 0.422 e. The Labute approximate surface area is 113 Å². The van der Waals surface area contributed by atoms with E-state index in [0.29, 0.717) is 6.42 Å². The van der Waals surface area contributed by atoms with Crippen molar-refractivity contribution in [3.63, 3.8) is 0 Å². The van der Waals surface area contributed by atoms with Gasteiger partial charge in [-0.05, 0) is 6.42 Å². The van der Waals surface area contributed by atoms with Crippen molar-refractivity contribution in [2.75, 3.05) is 6.61 Å². The molecule has 0 spiro atoms. The second-order valence-electron chi connectivity index (χ2n) is 4.85. The maximum atomic E-state index is 11.8. The fourth-order valence-electron chi connectivity index (χ4n) is 1.81. The first-order chi connectivity index (χ1) is 8.95. The topological polar surface area (TPSA) is 26.3 Å². The lowest BCUT2D eigenvalue weighted by atomic mass is 10.1. The molecule has 0 amide bonds. The van der Waals surface area contributed by atoms with E-state index in [4.69, 9.17) is 0 Å². The van der Waals surface area contributed by atoms with E-state index in [1.54, 1.807) is 0 Å². The van der Waals surface area contributed by atoms with Crippen molar-refractivity contribution in [2.45, 2.75) is 77.3 Å². The summed E-state index contributed by atoms with van der Waals surface area (Å²) < 4.78 is 39.4. The summed E-state index contributed by atoms with van der Waals surface area (Å²) in [5, 5.41) is 0. The van der Waals surface area contributed by atoms with Gasteiger partial charge in [-0.3, -0.25) is 4.79 Å². The molecule has 0 atom stereocenters. The van der Waals surface area contributed by atoms with E-state index in [1.807, 2.05) is 0 Å². The first kappa shape index (κ1) is 18.3. The van der Waals surface area contributed by atoms with Gasteiger partial charge in [0.1, 0.15) is 0 Å². The van der Waals surface area contributed by atoms with Crippen molar-refractivity contribution < 1.29 is 22.7 Å². The zero-order valence-electron chi connectivity index (χ0n) is 11.7. The Kier molecular flexibility index (Phi) is 10.7. The number of halogens is 3. The van der Waals surface area contributed by atoms with Gasteiger partial charge in [0, 0.05) is 6.42 Å². The fourth-order valence-corrected chi connectivity index (χ4v) is 1.81. The molecule has 2 nitrogen and oxygen atoms in total. The first-order valence-corrected chi connectivity index (χ1v) is 7.18. The van der Waals surface area contributed by atoms with Crippen LogP contribution in [-0.4, -0.2) is 18.8 Å². The van der Waals surface area contributed by atoms with Gasteiger partial charge in [0.25, 0.3) is 0 Å². The van der Waals surface area contributed by atoms with Crippen LogP contribution in [0.1, 0.15) is 71.1 Å². The third-order valence-corrected chi connectivity index (χ3v) is 2.88. The summed E-state index contributed by atoms with van der Waals surface area (Å²) in [6, 6.07) is 0. The Hall–Kier alpha value is -0.740. The van der Waals surface area contributed by atoms with Crippen LogP contribution in [0.4, 0.5) is 13.2 Å². The first-order valence-electron chi connectivity index (χ1n) is 7.18. The van der Waals surface area contributed by atoms with E-state index in [9.17, 15) is 18.0 Å². The number of hydrogen-bond donors (Lipinski definition) is 0. The van der Waals surface area contributed by atoms with Gasteiger partial charge < -0.3 is 4.74 Å². The van der Waals surface area contributed by atoms with Crippen molar-refractivity contribution in [1.82, 2.24) is 0 Å². The molecular weight excluding hydrogens is 257 g/mol. The van der Waals surface area contributed by atoms with Gasteiger partial charge in [-0.25, -0.2) is 0 Å². The number of carbonyl (C=O) groups is 1. The largest absolute Gasteiger partial charge is 0.456 e. The minimum Gasteiger partial charge on any atom is -0.456 e. The minimum atomic E-state index is -4.42. The van der Waals surface area contributed by atoms with Gasteiger partial charge in [-0.1, -0.05) is 58.3 Å². The van der Waals surface area contributed by atoms with Gasteiger partial charge in [0.15, 0.2) is 6.61 Å². The van der Waals surface area contributed by atoms with Crippen LogP contribution in [0.2, 0.25) is 0 Å². The molecule has 0 bridgehead atoms. The average molecular weight is 282 g/mol. The lowest BCUT2D eigenvalue weighted by molar-refractivity contribution is -0.186. The standard InChI is InChI=1S/C14H25F3O2/c1-2-3-4-5-6-7-8-9-10-11-13(18)19-12-14(15,16)17/h2-12H2,1H3. The zero-order chi connectivity index (χ0) is 14.6. The molecule has 0 aliphatic carbocycles. The second kappa shape index (κ2) is 11.1. The fraction of sp³-hybridized carbons (Fsp3) is 0.929. The third-order valence-electron chi connectivity index (χ3n) is 2.88. The molecule has 0 heterocycles. The normalized spacial score (nSPS) is 11.6. The number of unbranched alkanes of at least 4 members (excludes halogenated alkanes) is 8. The molecule has 114 valence electrons. The van der Waals surface area contributed by atoms with Crippen LogP contribution in [0, 0.1) is 0 Å². The molecule has 0 fully saturated rings. The number of ether oxygens (including phenoxy) is 1. The summed E-state index contributed by atoms with van der Waals surface area (Å²) in [4.78, 5) is 11.0. The van der Waals surface area contributed by atoms with Crippen molar-refractivity contribution in [1.29, 1.82) is 0 Å². The van der Waals surface area contributed by atoms with Crippen LogP contribution in [0.25, 0.3) is 0 Å². The average Bonchev–Trinajstić information content (AvgIpc) is 2.33. The zero-order valence-corrected chi connectivity index (χ0v) is 11.7. The Morgan fingerprint density at radius 2 is 1.37 bits per heavy atom. The highest BCUT2D eigenvalue weighted by atomic mass is 19.4. The molecule has 0 radical (unpaired) electrons. The van der Waals surface area contributed by atoms with E-state index in [2.05, 4.69) is 11.7 Å². The van der Waals surface area contributed by atoms with E-state index in [-0.39, 0.29) is 6.42 Å². The van der Waals surface area contributed by atoms with Gasteiger partial charge in [-0.2, -0.15) is 13.2 Å². The molecule has 19 heavy (non-hydrogen) atoms. The van der Waals surface area contributed by atoms with E-state index < -0.39 is 18.8 Å². The van der Waals surface area contributed by atoms with Crippen molar-refractivity contribution in [2.24, 2.45) is 0 Å². The summed E-state index contributed by atoms with van der Waals surface area (Å²) in [6.07, 6.45) is 5.60. The lowest BCUT2D eigenvalue weighted by Crippen LogP contribution is -2.20. The number of rotatable bonds is 11. The van der Waals surface area contributed by atoms with Gasteiger partial charge >= 0.3 is 12.1 Å². The molecule has 0 aromatic carbocycles. The molecule has 0 aliphatic rings. The molecular formula is C14H25F3O2. The number of hydrogen-bond acceptors (Lipinski definition) is 2. The Morgan fingerprint density at radius 3 is 1.84 bits per heavy atom. The van der Waals surface area contributed by atoms with Crippen molar-refractivity contribution >= 4 is 5.97 Å². The molecule has 0 aromatic rings. The minimum absolute atomic E-state index is 0.0892. The molecule has 0 saturated heterocycles. The monoisotopic (exact) mass is 282 g/mol. The molecule has 0 N–H and O–H groups in total. The molecule has 5 heteroatoms. The maximum absolute atomic E-state index is 11.8. The van der Waals surface area contributed by atoms with Gasteiger partial charge in [0.2, 0.25) is 0 Å². The smallest absolute Gasteiger partial charge is 0.422 e. The van der Waals surface area contributed by atoms with Crippen LogP contribution < -0.4 is 0 Å². The summed E-state index contributed by atoms with van der Waals surface area (Å²) in [5.41, 5.74) is 0. The number of alkyl halides is 3. The molecule has 0 aromatic heterocycles. The second-order valence-corrected chi connectivity index (χ2v) is 4.85. The summed E-state index contributed by atoms with van der Waals surface area (Å²) in [6.45, 7) is 0.709. The van der Waals surface area contributed by atoms with Crippen LogP contribution in [0.5, 0.6) is 0 Å². The quantitative estimate of drug-likeness (QED) is 0.393. The van der Waals surface area contributed by atoms with E-state index in [0.717, 1.165) is 19.3 Å². The van der Waals surface area contributed by atoms with Gasteiger partial charge in [-0.15, -0.1) is 0 Å². The molecule has 0 rings (SSSR count). The summed E-state index contributed by atoms with van der Waals surface area (Å²) in [5.74, 6) is -0.750. The lowest BCUT2D eigenvalue weighted by Gasteiger charge is -2.07. The van der Waals surface area contributed by atoms with Crippen LogP contribution in [0.15, 0.2) is 0 Å². The highest BCUT2D eigenvalue weighted by molar-refractivity contribution is 5.69. The highest BCUT2D eigenvalue weighted by Gasteiger charge is 2.29. The molecule has 0 saturated carbocycles. The number of esters is 1. The Bertz CT molecular complexity index is 227. The number of carbonyl (C=O) groups excluding carboxylic acids is 1. The van der Waals surface area contributed by atoms with Crippen molar-refractivity contribution in [3.05, 3.63) is 0 Å². The Morgan fingerprint density at radius 1 is 0.895 bits per heavy atom. The van der Waals surface area contributed by atoms with Crippen LogP contribution in [-0.2, 0) is 9.53 Å². The summed E-state index contributed by atoms with van der Waals surface area (Å²) >= 11 is 0. The SMILES string of the molecule is CCCCCCCCCCCC(=O)OCC(F)(F)F. The molecule has 0 aliphatic heterocycles. The van der Waals surface area contributed by atoms with Crippen molar-refractivity contribution in [3.8, 4) is 0 Å². The third kappa shape index (κ3) is 15.2. The van der Waals surface area contributed by atoms with Gasteiger partial charge in [0.05, 0.1) is 0 Å².